The number of carboxylic acid groups (broad SMARTS) is 1. The fourth-order valence-electron chi connectivity index (χ4n) is 2.72. The molecule has 3 aromatic rings. The number of fused-ring (bicyclic) bond motifs is 1. The van der Waals surface area contributed by atoms with Crippen molar-refractivity contribution in [3.05, 3.63) is 66.3 Å². The molecule has 2 N–H and O–H groups in total. The van der Waals surface area contributed by atoms with Gasteiger partial charge in [-0.2, -0.15) is 13.2 Å². The molecule has 4 heterocycles. The first-order valence-corrected chi connectivity index (χ1v) is 8.36. The molecule has 148 valence electrons. The lowest BCUT2D eigenvalue weighted by Gasteiger charge is -2.18. The van der Waals surface area contributed by atoms with Crippen molar-refractivity contribution >= 4 is 17.4 Å². The van der Waals surface area contributed by atoms with Crippen LogP contribution in [0.2, 0.25) is 0 Å². The zero-order valence-corrected chi connectivity index (χ0v) is 14.6. The third-order valence-corrected chi connectivity index (χ3v) is 4.11. The third kappa shape index (κ3) is 3.74. The minimum atomic E-state index is -4.58. The van der Waals surface area contributed by atoms with Crippen LogP contribution in [0.1, 0.15) is 5.69 Å². The van der Waals surface area contributed by atoms with E-state index < -0.39 is 18.0 Å². The average Bonchev–Trinajstić information content (AvgIpc) is 3.17. The Kier molecular flexibility index (Phi) is 4.41. The van der Waals surface area contributed by atoms with E-state index in [1.54, 1.807) is 30.5 Å². The predicted molar refractivity (Wildman–Crippen MR) is 96.8 cm³/mol. The van der Waals surface area contributed by atoms with Gasteiger partial charge < -0.3 is 10.4 Å². The van der Waals surface area contributed by atoms with E-state index in [1.165, 1.54) is 22.8 Å². The smallest absolute Gasteiger partial charge is 0.433 e. The summed E-state index contributed by atoms with van der Waals surface area (Å²) in [5.41, 5.74) is 0.124. The summed E-state index contributed by atoms with van der Waals surface area (Å²) < 4.78 is 40.4. The molecule has 1 aliphatic heterocycles. The summed E-state index contributed by atoms with van der Waals surface area (Å²) in [6.45, 7) is 0.151. The number of anilines is 1. The number of alkyl halides is 3. The number of hydrogen-bond acceptors (Lipinski definition) is 5. The summed E-state index contributed by atoms with van der Waals surface area (Å²) in [7, 11) is 0. The van der Waals surface area contributed by atoms with Crippen molar-refractivity contribution in [1.29, 1.82) is 0 Å². The van der Waals surface area contributed by atoms with E-state index in [1.807, 2.05) is 0 Å². The van der Waals surface area contributed by atoms with Crippen molar-refractivity contribution in [1.82, 2.24) is 24.5 Å². The monoisotopic (exact) mass is 402 g/mol. The van der Waals surface area contributed by atoms with Crippen LogP contribution in [0.3, 0.4) is 0 Å². The molecule has 0 saturated carbocycles. The van der Waals surface area contributed by atoms with Crippen LogP contribution < -0.4 is 5.32 Å². The molecule has 4 rings (SSSR count). The number of hydrogen-bond donors (Lipinski definition) is 2. The van der Waals surface area contributed by atoms with E-state index in [9.17, 15) is 18.0 Å². The van der Waals surface area contributed by atoms with E-state index in [0.717, 1.165) is 11.0 Å². The molecule has 1 aliphatic rings. The zero-order chi connectivity index (χ0) is 20.6. The van der Waals surface area contributed by atoms with Crippen LogP contribution in [0.5, 0.6) is 0 Å². The van der Waals surface area contributed by atoms with Crippen LogP contribution in [-0.2, 0) is 6.18 Å². The van der Waals surface area contributed by atoms with Crippen molar-refractivity contribution in [2.75, 3.05) is 11.9 Å². The molecule has 0 atom stereocenters. The Hall–Kier alpha value is -3.89. The number of nitrogens with zero attached hydrogens (tertiary/aromatic N) is 5. The van der Waals surface area contributed by atoms with Gasteiger partial charge in [0.1, 0.15) is 16.9 Å². The van der Waals surface area contributed by atoms with Gasteiger partial charge in [0.25, 0.3) is 0 Å². The molecule has 8 nitrogen and oxygen atoms in total. The van der Waals surface area contributed by atoms with Gasteiger partial charge in [-0.05, 0) is 36.4 Å². The van der Waals surface area contributed by atoms with Crippen LogP contribution in [0.15, 0.2) is 60.6 Å². The fraction of sp³-hybridized carbons (Fsp3) is 0.111. The van der Waals surface area contributed by atoms with Crippen molar-refractivity contribution in [2.45, 2.75) is 6.18 Å². The number of pyridine rings is 1. The van der Waals surface area contributed by atoms with E-state index >= 15 is 0 Å². The number of aromatic nitrogens is 4. The standard InChI is InChI=1S/C18H13F3N6O2/c19-18(20,21)14-5-1-3-12(23-14)15-24-16(13-4-2-8-27(13)25-15)22-11-6-9-26(10-7-11)17(28)29/h1-9H,10H2,(H,28,29)(H,22,24,25). The van der Waals surface area contributed by atoms with Crippen LogP contribution in [0.25, 0.3) is 17.0 Å². The minimum Gasteiger partial charge on any atom is -0.465 e. The quantitative estimate of drug-likeness (QED) is 0.695. The summed E-state index contributed by atoms with van der Waals surface area (Å²) in [4.78, 5) is 20.0. The van der Waals surface area contributed by atoms with E-state index in [-0.39, 0.29) is 18.1 Å². The summed E-state index contributed by atoms with van der Waals surface area (Å²) in [6.07, 6.45) is 0.583. The van der Waals surface area contributed by atoms with Gasteiger partial charge in [-0.15, -0.1) is 5.10 Å². The molecule has 3 aromatic heterocycles. The topological polar surface area (TPSA) is 95.7 Å². The second kappa shape index (κ2) is 6.93. The predicted octanol–water partition coefficient (Wildman–Crippen LogP) is 3.61. The van der Waals surface area contributed by atoms with Gasteiger partial charge in [-0.3, -0.25) is 4.90 Å². The second-order valence-electron chi connectivity index (χ2n) is 6.06. The van der Waals surface area contributed by atoms with E-state index in [0.29, 0.717) is 17.0 Å². The first-order valence-electron chi connectivity index (χ1n) is 8.36. The number of nitrogens with one attached hydrogen (secondary N) is 1. The van der Waals surface area contributed by atoms with Gasteiger partial charge in [0.05, 0.1) is 0 Å². The molecule has 0 aliphatic carbocycles. The van der Waals surface area contributed by atoms with Crippen LogP contribution >= 0.6 is 0 Å². The van der Waals surface area contributed by atoms with Gasteiger partial charge in [0, 0.05) is 24.6 Å². The Morgan fingerprint density at radius 3 is 2.69 bits per heavy atom. The molecule has 0 unspecified atom stereocenters. The lowest BCUT2D eigenvalue weighted by molar-refractivity contribution is -0.141. The zero-order valence-electron chi connectivity index (χ0n) is 14.6. The molecular formula is C18H13F3N6O2. The largest absolute Gasteiger partial charge is 0.465 e. The van der Waals surface area contributed by atoms with E-state index in [2.05, 4.69) is 20.4 Å². The highest BCUT2D eigenvalue weighted by molar-refractivity contribution is 5.73. The fourth-order valence-corrected chi connectivity index (χ4v) is 2.72. The molecule has 0 aromatic carbocycles. The summed E-state index contributed by atoms with van der Waals surface area (Å²) in [6, 6.07) is 6.98. The van der Waals surface area contributed by atoms with Crippen molar-refractivity contribution in [3.8, 4) is 11.5 Å². The Labute approximate surface area is 161 Å². The maximum atomic E-state index is 13.0. The SMILES string of the molecule is O=C(O)N1C=CC(Nc2nc(-c3cccc(C(F)(F)F)n3)nn3cccc23)=CC1. The first kappa shape index (κ1) is 18.5. The third-order valence-electron chi connectivity index (χ3n) is 4.11. The minimum absolute atomic E-state index is 0.00912. The van der Waals surface area contributed by atoms with Gasteiger partial charge in [-0.1, -0.05) is 6.07 Å². The van der Waals surface area contributed by atoms with Gasteiger partial charge >= 0.3 is 12.3 Å². The van der Waals surface area contributed by atoms with Gasteiger partial charge in [0.15, 0.2) is 5.82 Å². The molecule has 11 heteroatoms. The molecule has 29 heavy (non-hydrogen) atoms. The summed E-state index contributed by atoms with van der Waals surface area (Å²) >= 11 is 0. The van der Waals surface area contributed by atoms with Crippen molar-refractivity contribution < 1.29 is 23.1 Å². The number of halogens is 3. The van der Waals surface area contributed by atoms with Crippen LogP contribution in [0, 0.1) is 0 Å². The number of amides is 1. The highest BCUT2D eigenvalue weighted by Crippen LogP contribution is 2.29. The molecule has 0 bridgehead atoms. The highest BCUT2D eigenvalue weighted by Gasteiger charge is 2.32. The second-order valence-corrected chi connectivity index (χ2v) is 6.06. The Bertz CT molecular complexity index is 1150. The highest BCUT2D eigenvalue weighted by atomic mass is 19.4. The van der Waals surface area contributed by atoms with Gasteiger partial charge in [-0.25, -0.2) is 19.3 Å². The van der Waals surface area contributed by atoms with Crippen molar-refractivity contribution in [3.63, 3.8) is 0 Å². The normalized spacial score (nSPS) is 14.2. The Morgan fingerprint density at radius 2 is 2.00 bits per heavy atom. The Balaban J connectivity index is 1.71. The average molecular weight is 402 g/mol. The maximum Gasteiger partial charge on any atom is 0.433 e. The number of allylic oxidation sites excluding steroid dienone is 1. The van der Waals surface area contributed by atoms with Gasteiger partial charge in [0.2, 0.25) is 5.82 Å². The lowest BCUT2D eigenvalue weighted by Crippen LogP contribution is -2.26. The first-order chi connectivity index (χ1) is 13.8. The maximum absolute atomic E-state index is 13.0. The van der Waals surface area contributed by atoms with E-state index in [4.69, 9.17) is 5.11 Å². The number of carbonyl (C=O) groups is 1. The molecule has 0 fully saturated rings. The molecular weight excluding hydrogens is 389 g/mol. The molecule has 0 radical (unpaired) electrons. The van der Waals surface area contributed by atoms with Crippen molar-refractivity contribution in [2.24, 2.45) is 0 Å². The van der Waals surface area contributed by atoms with Crippen LogP contribution in [-0.4, -0.2) is 42.2 Å². The Morgan fingerprint density at radius 1 is 1.17 bits per heavy atom. The van der Waals surface area contributed by atoms with Crippen LogP contribution in [0.4, 0.5) is 23.8 Å². The molecule has 1 amide bonds. The molecule has 0 spiro atoms. The lowest BCUT2D eigenvalue weighted by atomic mass is 10.2. The number of rotatable bonds is 3. The summed E-state index contributed by atoms with van der Waals surface area (Å²) in [5.74, 6) is 0.355. The molecule has 0 saturated heterocycles. The summed E-state index contributed by atoms with van der Waals surface area (Å²) in [5, 5.41) is 16.3.